The molecule has 1 aliphatic rings. The molecule has 0 bridgehead atoms. The van der Waals surface area contributed by atoms with Gasteiger partial charge < -0.3 is 31.7 Å². The van der Waals surface area contributed by atoms with E-state index in [-0.39, 0.29) is 48.4 Å². The normalized spacial score (nSPS) is 19.1. The number of rotatable bonds is 22. The summed E-state index contributed by atoms with van der Waals surface area (Å²) in [6.45, 7) is 1.48. The Bertz CT molecular complexity index is 1060. The van der Waals surface area contributed by atoms with Crippen molar-refractivity contribution in [2.75, 3.05) is 12.3 Å². The van der Waals surface area contributed by atoms with E-state index in [0.717, 1.165) is 25.7 Å². The fraction of sp³-hybridized carbons (Fsp3) is 0.600. The minimum atomic E-state index is -1.26. The van der Waals surface area contributed by atoms with E-state index in [2.05, 4.69) is 17.6 Å². The Morgan fingerprint density at radius 1 is 1.00 bits per heavy atom. The van der Waals surface area contributed by atoms with Gasteiger partial charge in [-0.05, 0) is 44.1 Å². The topological polar surface area (TPSA) is 213 Å². The number of unbranched alkanes of at least 4 members (excludes halogenated alkanes) is 4. The second-order valence-corrected chi connectivity index (χ2v) is 11.6. The number of nitrogens with two attached hydrogens (primary N) is 1. The highest BCUT2D eigenvalue weighted by Gasteiger charge is 2.38. The van der Waals surface area contributed by atoms with Gasteiger partial charge >= 0.3 is 17.9 Å². The van der Waals surface area contributed by atoms with Crippen LogP contribution in [0, 0.1) is 5.92 Å². The van der Waals surface area contributed by atoms with Crippen LogP contribution in [0.15, 0.2) is 36.0 Å². The van der Waals surface area contributed by atoms with E-state index >= 15 is 0 Å². The molecule has 0 radical (unpaired) electrons. The number of carbonyl (C=O) groups excluding carboxylic acids is 3. The molecule has 4 atom stereocenters. The molecular weight excluding hydrogens is 578 g/mol. The van der Waals surface area contributed by atoms with Gasteiger partial charge in [-0.2, -0.15) is 11.8 Å². The molecule has 1 saturated carbocycles. The largest absolute Gasteiger partial charge is 0.481 e. The number of allylic oxidation sites excluding steroid dienone is 6. The summed E-state index contributed by atoms with van der Waals surface area (Å²) in [5, 5.41) is 31.3. The number of thioether (sulfide) groups is 1. The van der Waals surface area contributed by atoms with Gasteiger partial charge in [-0.15, -0.1) is 0 Å². The van der Waals surface area contributed by atoms with Gasteiger partial charge in [0.2, 0.25) is 11.8 Å². The van der Waals surface area contributed by atoms with E-state index in [9.17, 15) is 28.8 Å². The molecule has 0 heterocycles. The number of amides is 2. The molecule has 0 aromatic carbocycles. The fourth-order valence-electron chi connectivity index (χ4n) is 4.40. The molecule has 1 aliphatic carbocycles. The van der Waals surface area contributed by atoms with Gasteiger partial charge in [0.25, 0.3) is 0 Å². The molecule has 12 nitrogen and oxygen atoms in total. The Balaban J connectivity index is 3.02. The molecule has 43 heavy (non-hydrogen) atoms. The third-order valence-corrected chi connectivity index (χ3v) is 8.25. The third kappa shape index (κ3) is 16.1. The summed E-state index contributed by atoms with van der Waals surface area (Å²) < 4.78 is 0. The number of hydrogen-bond donors (Lipinski definition) is 6. The zero-order valence-electron chi connectivity index (χ0n) is 24.7. The van der Waals surface area contributed by atoms with Crippen LogP contribution in [0.25, 0.3) is 0 Å². The number of hydrogen-bond acceptors (Lipinski definition) is 8. The number of carboxylic acid groups (broad SMARTS) is 3. The van der Waals surface area contributed by atoms with Gasteiger partial charge in [0.1, 0.15) is 18.6 Å². The van der Waals surface area contributed by atoms with Crippen molar-refractivity contribution in [2.45, 2.75) is 94.9 Å². The van der Waals surface area contributed by atoms with E-state index in [0.29, 0.717) is 24.8 Å². The predicted molar refractivity (Wildman–Crippen MR) is 163 cm³/mol. The van der Waals surface area contributed by atoms with Crippen LogP contribution in [0.1, 0.15) is 77.6 Å². The van der Waals surface area contributed by atoms with Crippen LogP contribution in [0.5, 0.6) is 0 Å². The maximum Gasteiger partial charge on any atom is 0.322 e. The summed E-state index contributed by atoms with van der Waals surface area (Å²) in [6.07, 6.45) is 15.3. The van der Waals surface area contributed by atoms with Gasteiger partial charge in [-0.3, -0.25) is 28.8 Å². The van der Waals surface area contributed by atoms with E-state index in [4.69, 9.17) is 21.1 Å². The first-order valence-corrected chi connectivity index (χ1v) is 15.7. The summed E-state index contributed by atoms with van der Waals surface area (Å²) >= 11 is 1.32. The van der Waals surface area contributed by atoms with Gasteiger partial charge in [0, 0.05) is 36.2 Å². The molecule has 0 aromatic rings. The number of carbonyl (C=O) groups is 6. The summed E-state index contributed by atoms with van der Waals surface area (Å²) in [5.74, 6) is -4.83. The molecule has 0 unspecified atom stereocenters. The fourth-order valence-corrected chi connectivity index (χ4v) is 5.83. The molecule has 2 amide bonds. The lowest BCUT2D eigenvalue weighted by molar-refractivity contribution is -0.139. The Morgan fingerprint density at radius 2 is 1.72 bits per heavy atom. The second-order valence-electron chi connectivity index (χ2n) is 10.4. The Labute approximate surface area is 256 Å². The average molecular weight is 624 g/mol. The number of nitrogens with one attached hydrogen (secondary N) is 2. The highest BCUT2D eigenvalue weighted by molar-refractivity contribution is 8.00. The summed E-state index contributed by atoms with van der Waals surface area (Å²) in [7, 11) is 0. The van der Waals surface area contributed by atoms with Crippen molar-refractivity contribution in [3.05, 3.63) is 36.0 Å². The molecule has 0 saturated heterocycles. The number of aliphatic carboxylic acids is 3. The maximum atomic E-state index is 13.0. The van der Waals surface area contributed by atoms with Crippen molar-refractivity contribution >= 4 is 47.3 Å². The van der Waals surface area contributed by atoms with Crippen LogP contribution < -0.4 is 16.4 Å². The highest BCUT2D eigenvalue weighted by Crippen LogP contribution is 2.39. The summed E-state index contributed by atoms with van der Waals surface area (Å²) in [5.41, 5.74) is 6.13. The summed E-state index contributed by atoms with van der Waals surface area (Å²) in [6, 6.07) is -2.36. The summed E-state index contributed by atoms with van der Waals surface area (Å²) in [4.78, 5) is 71.0. The van der Waals surface area contributed by atoms with Gasteiger partial charge in [-0.1, -0.05) is 50.1 Å². The first-order valence-electron chi connectivity index (χ1n) is 14.6. The quantitative estimate of drug-likeness (QED) is 0.0586. The smallest absolute Gasteiger partial charge is 0.322 e. The molecule has 1 fully saturated rings. The lowest BCUT2D eigenvalue weighted by atomic mass is 9.97. The SMILES string of the molecule is CCCCC/C=C\C=C1\C(=O)C[C@H](SC[C@H](NC(=O)CC[C@H](N)C(=O)O)C(=O)NCC(=O)O)[C@@H]1C/C=C\CCCC(=O)O. The number of Topliss-reactive ketones (excluding diaryl/α,β-unsaturated/α-hetero) is 1. The Morgan fingerprint density at radius 3 is 2.37 bits per heavy atom. The van der Waals surface area contributed by atoms with Crippen LogP contribution in [0.3, 0.4) is 0 Å². The molecule has 7 N–H and O–H groups in total. The van der Waals surface area contributed by atoms with E-state index < -0.39 is 48.4 Å². The maximum absolute atomic E-state index is 13.0. The lowest BCUT2D eigenvalue weighted by Gasteiger charge is -2.22. The zero-order valence-corrected chi connectivity index (χ0v) is 25.5. The lowest BCUT2D eigenvalue weighted by Crippen LogP contribution is -2.49. The van der Waals surface area contributed by atoms with E-state index in [1.807, 2.05) is 30.4 Å². The second kappa shape index (κ2) is 21.3. The van der Waals surface area contributed by atoms with Crippen molar-refractivity contribution in [3.63, 3.8) is 0 Å². The highest BCUT2D eigenvalue weighted by atomic mass is 32.2. The van der Waals surface area contributed by atoms with Crippen molar-refractivity contribution in [3.8, 4) is 0 Å². The van der Waals surface area contributed by atoms with E-state index in [1.165, 1.54) is 11.8 Å². The van der Waals surface area contributed by atoms with Gasteiger partial charge in [0.05, 0.1) is 0 Å². The van der Waals surface area contributed by atoms with Crippen molar-refractivity contribution < 1.29 is 44.1 Å². The number of carboxylic acids is 3. The van der Waals surface area contributed by atoms with Crippen LogP contribution >= 0.6 is 11.8 Å². The minimum Gasteiger partial charge on any atom is -0.481 e. The average Bonchev–Trinajstić information content (AvgIpc) is 3.25. The Kier molecular flexibility index (Phi) is 18.6. The van der Waals surface area contributed by atoms with Crippen LogP contribution in [-0.2, 0) is 28.8 Å². The minimum absolute atomic E-state index is 0.0152. The zero-order chi connectivity index (χ0) is 32.2. The predicted octanol–water partition coefficient (Wildman–Crippen LogP) is 2.82. The van der Waals surface area contributed by atoms with Crippen molar-refractivity contribution in [1.82, 2.24) is 10.6 Å². The molecule has 0 spiro atoms. The first kappa shape index (κ1) is 37.6. The molecule has 1 rings (SSSR count). The van der Waals surface area contributed by atoms with Crippen LogP contribution in [-0.4, -0.2) is 80.5 Å². The monoisotopic (exact) mass is 623 g/mol. The molecule has 240 valence electrons. The molecular formula is C30H45N3O9S. The van der Waals surface area contributed by atoms with E-state index in [1.54, 1.807) is 0 Å². The van der Waals surface area contributed by atoms with Gasteiger partial charge in [0.15, 0.2) is 5.78 Å². The third-order valence-electron chi connectivity index (χ3n) is 6.80. The van der Waals surface area contributed by atoms with Gasteiger partial charge in [-0.25, -0.2) is 0 Å². The van der Waals surface area contributed by atoms with Crippen LogP contribution in [0.2, 0.25) is 0 Å². The first-order chi connectivity index (χ1) is 20.5. The van der Waals surface area contributed by atoms with Crippen LogP contribution in [0.4, 0.5) is 0 Å². The van der Waals surface area contributed by atoms with Crippen molar-refractivity contribution in [1.29, 1.82) is 0 Å². The molecule has 0 aliphatic heterocycles. The Hall–Kier alpha value is -3.45. The molecule has 13 heteroatoms. The molecule has 0 aromatic heterocycles. The number of ketones is 1. The van der Waals surface area contributed by atoms with Crippen molar-refractivity contribution in [2.24, 2.45) is 11.7 Å². The standard InChI is InChI=1S/C30H45N3O9S/c1-2-3-4-5-6-9-12-20-21(13-10-7-8-11-14-27(36)37)25(17-24(20)34)43-19-23(29(40)32-18-28(38)39)33-26(35)16-15-22(31)30(41)42/h6-7,9-10,12,21-23,25H,2-5,8,11,13-19,31H2,1H3,(H,32,40)(H,33,35)(H,36,37)(H,38,39)(H,41,42)/b9-6-,10-7-,20-12+/t21-,22+,23+,25+/m1/s1.